The van der Waals surface area contributed by atoms with Crippen molar-refractivity contribution in [2.75, 3.05) is 6.54 Å². The molecule has 10 nitrogen and oxygen atoms in total. The van der Waals surface area contributed by atoms with Crippen molar-refractivity contribution in [2.45, 2.75) is 23.8 Å². The topological polar surface area (TPSA) is 173 Å². The van der Waals surface area contributed by atoms with Crippen LogP contribution in [0, 0.1) is 5.82 Å². The number of nitrogens with one attached hydrogen (secondary N) is 2. The smallest absolute Gasteiger partial charge is 0.261 e. The molecule has 1 aromatic carbocycles. The number of hydrogen-bond donors (Lipinski definition) is 5. The Hall–Kier alpha value is -3.09. The molecule has 0 saturated heterocycles. The molecule has 0 spiro atoms. The van der Waals surface area contributed by atoms with E-state index < -0.39 is 27.8 Å². The maximum absolute atomic E-state index is 13.3. The first-order valence-electron chi connectivity index (χ1n) is 8.46. The molecule has 2 rings (SSSR count). The highest BCUT2D eigenvalue weighted by atomic mass is 32.2. The van der Waals surface area contributed by atoms with Crippen LogP contribution in [0.3, 0.4) is 0 Å². The van der Waals surface area contributed by atoms with Crippen LogP contribution in [0.5, 0.6) is 0 Å². The summed E-state index contributed by atoms with van der Waals surface area (Å²) < 4.78 is 40.7. The largest absolute Gasteiger partial charge is 0.370 e. The Morgan fingerprint density at radius 3 is 2.62 bits per heavy atom. The van der Waals surface area contributed by atoms with Crippen LogP contribution in [0.25, 0.3) is 11.3 Å². The minimum Gasteiger partial charge on any atom is -0.370 e. The van der Waals surface area contributed by atoms with Crippen LogP contribution in [0.1, 0.15) is 12.8 Å². The van der Waals surface area contributed by atoms with E-state index in [4.69, 9.17) is 16.7 Å². The lowest BCUT2D eigenvalue weighted by molar-refractivity contribution is -0.131. The van der Waals surface area contributed by atoms with E-state index in [2.05, 4.69) is 14.7 Å². The Kier molecular flexibility index (Phi) is 7.59. The summed E-state index contributed by atoms with van der Waals surface area (Å²) in [6.07, 6.45) is 1.42. The summed E-state index contributed by atoms with van der Waals surface area (Å²) in [6.45, 7) is 0.184. The summed E-state index contributed by atoms with van der Waals surface area (Å²) in [4.78, 5) is 19.4. The van der Waals surface area contributed by atoms with Crippen LogP contribution in [-0.2, 0) is 14.8 Å². The zero-order chi connectivity index (χ0) is 21.4. The highest BCUT2D eigenvalue weighted by Gasteiger charge is 2.25. The molecule has 1 amide bonds. The van der Waals surface area contributed by atoms with Crippen LogP contribution >= 0.6 is 0 Å². The van der Waals surface area contributed by atoms with Gasteiger partial charge in [-0.25, -0.2) is 18.3 Å². The third-order valence-corrected chi connectivity index (χ3v) is 5.29. The molecule has 1 heterocycles. The molecule has 7 N–H and O–H groups in total. The number of amides is 1. The molecule has 0 bridgehead atoms. The van der Waals surface area contributed by atoms with Crippen LogP contribution in [0.4, 0.5) is 4.39 Å². The average molecular weight is 424 g/mol. The summed E-state index contributed by atoms with van der Waals surface area (Å²) in [5, 5.41) is 8.86. The second kappa shape index (κ2) is 9.91. The Morgan fingerprint density at radius 1 is 1.28 bits per heavy atom. The number of rotatable bonds is 9. The molecule has 0 radical (unpaired) electrons. The number of aliphatic imine (C=N–C) groups is 1. The van der Waals surface area contributed by atoms with E-state index in [0.29, 0.717) is 11.3 Å². The van der Waals surface area contributed by atoms with Gasteiger partial charge in [0.1, 0.15) is 16.8 Å². The second-order valence-corrected chi connectivity index (χ2v) is 7.70. The first-order chi connectivity index (χ1) is 13.7. The number of nitrogens with two attached hydrogens (primary N) is 2. The van der Waals surface area contributed by atoms with Gasteiger partial charge in [0.25, 0.3) is 5.91 Å². The number of carbonyl (C=O) groups is 1. The number of nitrogens with zero attached hydrogens (tertiary/aromatic N) is 2. The number of hydroxylamine groups is 1. The summed E-state index contributed by atoms with van der Waals surface area (Å²) >= 11 is 0. The molecule has 0 saturated carbocycles. The maximum atomic E-state index is 13.3. The van der Waals surface area contributed by atoms with Gasteiger partial charge in [0, 0.05) is 18.3 Å². The van der Waals surface area contributed by atoms with E-state index in [9.17, 15) is 17.6 Å². The van der Waals surface area contributed by atoms with Gasteiger partial charge in [0.05, 0.1) is 5.69 Å². The molecular formula is C17H21FN6O4S. The molecule has 1 atom stereocenters. The minimum atomic E-state index is -4.12. The molecule has 1 aromatic heterocycles. The van der Waals surface area contributed by atoms with Crippen molar-refractivity contribution >= 4 is 21.9 Å². The van der Waals surface area contributed by atoms with Gasteiger partial charge < -0.3 is 11.5 Å². The van der Waals surface area contributed by atoms with E-state index in [1.807, 2.05) is 0 Å². The molecule has 29 heavy (non-hydrogen) atoms. The monoisotopic (exact) mass is 424 g/mol. The molecule has 156 valence electrons. The lowest BCUT2D eigenvalue weighted by Gasteiger charge is -2.16. The third kappa shape index (κ3) is 6.48. The van der Waals surface area contributed by atoms with Gasteiger partial charge in [-0.1, -0.05) is 12.1 Å². The fraction of sp³-hybridized carbons (Fsp3) is 0.235. The van der Waals surface area contributed by atoms with E-state index in [-0.39, 0.29) is 30.2 Å². The van der Waals surface area contributed by atoms with Crippen LogP contribution < -0.4 is 21.7 Å². The predicted octanol–water partition coefficient (Wildman–Crippen LogP) is 0.0936. The van der Waals surface area contributed by atoms with E-state index in [0.717, 1.165) is 6.20 Å². The van der Waals surface area contributed by atoms with Crippen molar-refractivity contribution in [3.8, 4) is 11.3 Å². The quantitative estimate of drug-likeness (QED) is 0.125. The second-order valence-electron chi connectivity index (χ2n) is 5.99. The fourth-order valence-corrected chi connectivity index (χ4v) is 3.61. The van der Waals surface area contributed by atoms with Gasteiger partial charge in [-0.05, 0) is 37.1 Å². The molecular weight excluding hydrogens is 403 g/mol. The first kappa shape index (κ1) is 22.2. The van der Waals surface area contributed by atoms with E-state index in [1.54, 1.807) is 6.07 Å². The number of pyridine rings is 1. The SMILES string of the molecule is NC(N)=NCCC[C@@H](NS(=O)(=O)c1ccc(-c2cccc(F)c2)nc1)C(=O)NO. The molecule has 0 aliphatic rings. The Morgan fingerprint density at radius 2 is 2.03 bits per heavy atom. The van der Waals surface area contributed by atoms with Gasteiger partial charge in [0.2, 0.25) is 10.0 Å². The highest BCUT2D eigenvalue weighted by Crippen LogP contribution is 2.19. The van der Waals surface area contributed by atoms with Gasteiger partial charge >= 0.3 is 0 Å². The third-order valence-electron chi connectivity index (χ3n) is 3.84. The van der Waals surface area contributed by atoms with Crippen molar-refractivity contribution in [3.05, 3.63) is 48.4 Å². The lowest BCUT2D eigenvalue weighted by Crippen LogP contribution is -2.45. The van der Waals surface area contributed by atoms with Crippen molar-refractivity contribution in [1.82, 2.24) is 15.2 Å². The highest BCUT2D eigenvalue weighted by molar-refractivity contribution is 7.89. The van der Waals surface area contributed by atoms with Crippen LogP contribution in [0.2, 0.25) is 0 Å². The number of hydrogen-bond acceptors (Lipinski definition) is 6. The molecule has 0 aliphatic heterocycles. The number of halogens is 1. The van der Waals surface area contributed by atoms with Crippen LogP contribution in [0.15, 0.2) is 52.5 Å². The predicted molar refractivity (Wildman–Crippen MR) is 104 cm³/mol. The fourth-order valence-electron chi connectivity index (χ4n) is 2.44. The Bertz CT molecular complexity index is 978. The van der Waals surface area contributed by atoms with Gasteiger partial charge in [-0.3, -0.25) is 20.0 Å². The van der Waals surface area contributed by atoms with Gasteiger partial charge in [-0.15, -0.1) is 0 Å². The molecule has 12 heteroatoms. The lowest BCUT2D eigenvalue weighted by atomic mass is 10.1. The van der Waals surface area contributed by atoms with Crippen molar-refractivity contribution in [1.29, 1.82) is 0 Å². The van der Waals surface area contributed by atoms with E-state index in [1.165, 1.54) is 35.8 Å². The van der Waals surface area contributed by atoms with Crippen LogP contribution in [-0.4, -0.2) is 43.1 Å². The summed E-state index contributed by atoms with van der Waals surface area (Å²) in [5.74, 6) is -1.50. The Balaban J connectivity index is 2.14. The summed E-state index contributed by atoms with van der Waals surface area (Å²) in [7, 11) is -4.12. The first-order valence-corrected chi connectivity index (χ1v) is 9.95. The Labute approximate surface area is 166 Å². The summed E-state index contributed by atoms with van der Waals surface area (Å²) in [6, 6.07) is 7.15. The van der Waals surface area contributed by atoms with Crippen molar-refractivity contribution in [3.63, 3.8) is 0 Å². The molecule has 0 fully saturated rings. The molecule has 0 aliphatic carbocycles. The zero-order valence-corrected chi connectivity index (χ0v) is 16.1. The standard InChI is InChI=1S/C17H21FN6O4S/c18-12-4-1-3-11(9-12)14-7-6-13(10-22-14)29(27,28)24-15(16(25)23-26)5-2-8-21-17(19)20/h1,3-4,6-7,9-10,15,24,26H,2,5,8H2,(H,23,25)(H4,19,20,21)/t15-/m1/s1. The van der Waals surface area contributed by atoms with Crippen molar-refractivity contribution < 1.29 is 22.8 Å². The van der Waals surface area contributed by atoms with Gasteiger partial charge in [0.15, 0.2) is 5.96 Å². The average Bonchev–Trinajstić information content (AvgIpc) is 2.69. The molecule has 2 aromatic rings. The number of carbonyl (C=O) groups excluding carboxylic acids is 1. The summed E-state index contributed by atoms with van der Waals surface area (Å²) in [5.41, 5.74) is 12.7. The number of guanidine groups is 1. The number of benzene rings is 1. The number of sulfonamides is 1. The zero-order valence-electron chi connectivity index (χ0n) is 15.2. The minimum absolute atomic E-state index is 0.0389. The molecule has 0 unspecified atom stereocenters. The normalized spacial score (nSPS) is 12.2. The van der Waals surface area contributed by atoms with Crippen molar-refractivity contribution in [2.24, 2.45) is 16.5 Å². The maximum Gasteiger partial charge on any atom is 0.261 e. The van der Waals surface area contributed by atoms with Gasteiger partial charge in [-0.2, -0.15) is 4.72 Å². The van der Waals surface area contributed by atoms with E-state index >= 15 is 0 Å². The number of aromatic nitrogens is 1.